The smallest absolute Gasteiger partial charge is 0.236 e. The molecule has 0 unspecified atom stereocenters. The summed E-state index contributed by atoms with van der Waals surface area (Å²) in [6.07, 6.45) is 1.60. The first-order valence-corrected chi connectivity index (χ1v) is 11.6. The number of carbonyl (C=O) groups excluding carboxylic acids is 1. The largest absolute Gasteiger partial charge is 0.339 e. The van der Waals surface area contributed by atoms with Crippen molar-refractivity contribution < 1.29 is 13.2 Å². The maximum atomic E-state index is 12.6. The number of likely N-dealkylation sites (N-methyl/N-ethyl adjacent to an activating group) is 1. The molecule has 2 aromatic carbocycles. The number of hydrogen-bond acceptors (Lipinski definition) is 4. The molecule has 1 amide bonds. The van der Waals surface area contributed by atoms with E-state index in [0.29, 0.717) is 39.3 Å². The Morgan fingerprint density at radius 3 is 2.27 bits per heavy atom. The first-order chi connectivity index (χ1) is 14.3. The van der Waals surface area contributed by atoms with Crippen LogP contribution in [0.15, 0.2) is 60.0 Å². The normalized spacial score (nSPS) is 15.8. The molecule has 0 aliphatic carbocycles. The van der Waals surface area contributed by atoms with E-state index in [2.05, 4.69) is 24.3 Å². The molecular weight excluding hydrogens is 398 g/mol. The summed E-state index contributed by atoms with van der Waals surface area (Å²) < 4.78 is 26.6. The highest BCUT2D eigenvalue weighted by molar-refractivity contribution is 7.92. The Bertz CT molecular complexity index is 965. The second kappa shape index (κ2) is 10.0. The molecule has 1 aliphatic heterocycles. The van der Waals surface area contributed by atoms with Gasteiger partial charge in [0.05, 0.1) is 6.54 Å². The molecule has 0 bridgehead atoms. The van der Waals surface area contributed by atoms with Gasteiger partial charge in [0.25, 0.3) is 0 Å². The molecule has 1 fully saturated rings. The predicted octanol–water partition coefficient (Wildman–Crippen LogP) is 2.57. The zero-order chi connectivity index (χ0) is 21.6. The van der Waals surface area contributed by atoms with Crippen LogP contribution >= 0.6 is 0 Å². The number of nitrogens with zero attached hydrogens (tertiary/aromatic N) is 3. The molecular formula is C23H29N3O3S. The van der Waals surface area contributed by atoms with Crippen LogP contribution in [0.2, 0.25) is 0 Å². The van der Waals surface area contributed by atoms with E-state index in [4.69, 9.17) is 0 Å². The lowest BCUT2D eigenvalue weighted by atomic mass is 10.1. The SMILES string of the molecule is Cc1ccc(CN(C)CC(=O)N2CCN(S(=O)(=O)/C=C/c3ccccc3)CC2)cc1. The fourth-order valence-electron chi connectivity index (χ4n) is 3.40. The Hall–Kier alpha value is -2.48. The summed E-state index contributed by atoms with van der Waals surface area (Å²) >= 11 is 0. The second-order valence-corrected chi connectivity index (χ2v) is 9.51. The summed E-state index contributed by atoms with van der Waals surface area (Å²) in [5.74, 6) is 0.0292. The fraction of sp³-hybridized carbons (Fsp3) is 0.348. The van der Waals surface area contributed by atoms with Crippen LogP contribution in [0.25, 0.3) is 6.08 Å². The molecule has 1 heterocycles. The maximum Gasteiger partial charge on any atom is 0.236 e. The van der Waals surface area contributed by atoms with E-state index >= 15 is 0 Å². The standard InChI is InChI=1S/C23H29N3O3S/c1-20-8-10-22(11-9-20)18-24(2)19-23(27)25-13-15-26(16-14-25)30(28,29)17-12-21-6-4-3-5-7-21/h3-12,17H,13-16,18-19H2,1-2H3/b17-12+. The number of carbonyl (C=O) groups is 1. The molecule has 6 nitrogen and oxygen atoms in total. The Balaban J connectivity index is 1.48. The van der Waals surface area contributed by atoms with Crippen LogP contribution in [0, 0.1) is 6.92 Å². The molecule has 3 rings (SSSR count). The van der Waals surface area contributed by atoms with Crippen LogP contribution in [0.1, 0.15) is 16.7 Å². The van der Waals surface area contributed by atoms with Crippen molar-refractivity contribution in [2.24, 2.45) is 0 Å². The van der Waals surface area contributed by atoms with E-state index in [-0.39, 0.29) is 5.91 Å². The van der Waals surface area contributed by atoms with Crippen LogP contribution < -0.4 is 0 Å². The van der Waals surface area contributed by atoms with Gasteiger partial charge >= 0.3 is 0 Å². The molecule has 30 heavy (non-hydrogen) atoms. The maximum absolute atomic E-state index is 12.6. The zero-order valence-corrected chi connectivity index (χ0v) is 18.4. The van der Waals surface area contributed by atoms with Crippen molar-refractivity contribution in [3.05, 3.63) is 76.7 Å². The third-order valence-corrected chi connectivity index (χ3v) is 6.73. The zero-order valence-electron chi connectivity index (χ0n) is 17.6. The van der Waals surface area contributed by atoms with Gasteiger partial charge in [0.1, 0.15) is 0 Å². The van der Waals surface area contributed by atoms with E-state index in [9.17, 15) is 13.2 Å². The lowest BCUT2D eigenvalue weighted by Crippen LogP contribution is -2.51. The van der Waals surface area contributed by atoms with E-state index < -0.39 is 10.0 Å². The van der Waals surface area contributed by atoms with Crippen molar-refractivity contribution in [3.63, 3.8) is 0 Å². The number of amides is 1. The molecule has 1 saturated heterocycles. The fourth-order valence-corrected chi connectivity index (χ4v) is 4.57. The van der Waals surface area contributed by atoms with Gasteiger partial charge in [-0.05, 0) is 31.2 Å². The van der Waals surface area contributed by atoms with Crippen LogP contribution in [-0.4, -0.2) is 68.2 Å². The Morgan fingerprint density at radius 2 is 1.63 bits per heavy atom. The quantitative estimate of drug-likeness (QED) is 0.681. The minimum absolute atomic E-state index is 0.0292. The first-order valence-electron chi connectivity index (χ1n) is 10.1. The van der Waals surface area contributed by atoms with Gasteiger partial charge in [-0.15, -0.1) is 0 Å². The molecule has 0 spiro atoms. The van der Waals surface area contributed by atoms with Gasteiger partial charge in [0, 0.05) is 38.1 Å². The molecule has 1 aliphatic rings. The second-order valence-electron chi connectivity index (χ2n) is 7.70. The topological polar surface area (TPSA) is 60.9 Å². The summed E-state index contributed by atoms with van der Waals surface area (Å²) in [6.45, 7) is 4.52. The summed E-state index contributed by atoms with van der Waals surface area (Å²) in [4.78, 5) is 16.4. The average molecular weight is 428 g/mol. The van der Waals surface area contributed by atoms with E-state index in [1.807, 2.05) is 49.2 Å². The molecule has 2 aromatic rings. The number of aryl methyl sites for hydroxylation is 1. The molecule has 0 aromatic heterocycles. The van der Waals surface area contributed by atoms with Gasteiger partial charge in [-0.2, -0.15) is 4.31 Å². The van der Waals surface area contributed by atoms with Crippen molar-refractivity contribution in [2.75, 3.05) is 39.8 Å². The van der Waals surface area contributed by atoms with Gasteiger partial charge < -0.3 is 4.90 Å². The van der Waals surface area contributed by atoms with Crippen molar-refractivity contribution in [2.45, 2.75) is 13.5 Å². The molecule has 7 heteroatoms. The first kappa shape index (κ1) is 22.2. The number of benzene rings is 2. The minimum atomic E-state index is -3.49. The third kappa shape index (κ3) is 6.26. The molecule has 0 saturated carbocycles. The Morgan fingerprint density at radius 1 is 1.00 bits per heavy atom. The summed E-state index contributed by atoms with van der Waals surface area (Å²) in [5, 5.41) is 1.25. The van der Waals surface area contributed by atoms with Crippen LogP contribution in [0.3, 0.4) is 0 Å². The average Bonchev–Trinajstić information content (AvgIpc) is 2.75. The van der Waals surface area contributed by atoms with Crippen LogP contribution in [0.4, 0.5) is 0 Å². The highest BCUT2D eigenvalue weighted by Gasteiger charge is 2.27. The van der Waals surface area contributed by atoms with Crippen molar-refractivity contribution >= 4 is 22.0 Å². The minimum Gasteiger partial charge on any atom is -0.339 e. The summed E-state index contributed by atoms with van der Waals surface area (Å²) in [7, 11) is -1.57. The van der Waals surface area contributed by atoms with Gasteiger partial charge in [0.15, 0.2) is 0 Å². The highest BCUT2D eigenvalue weighted by Crippen LogP contribution is 2.12. The predicted molar refractivity (Wildman–Crippen MR) is 120 cm³/mol. The lowest BCUT2D eigenvalue weighted by molar-refractivity contribution is -0.133. The van der Waals surface area contributed by atoms with Gasteiger partial charge in [-0.1, -0.05) is 60.2 Å². The number of rotatable bonds is 7. The number of piperazine rings is 1. The molecule has 0 N–H and O–H groups in total. The lowest BCUT2D eigenvalue weighted by Gasteiger charge is -2.34. The number of sulfonamides is 1. The van der Waals surface area contributed by atoms with Crippen molar-refractivity contribution in [3.8, 4) is 0 Å². The van der Waals surface area contributed by atoms with Gasteiger partial charge in [-0.25, -0.2) is 8.42 Å². The van der Waals surface area contributed by atoms with Crippen LogP contribution in [-0.2, 0) is 21.4 Å². The van der Waals surface area contributed by atoms with Crippen molar-refractivity contribution in [1.29, 1.82) is 0 Å². The van der Waals surface area contributed by atoms with Crippen LogP contribution in [0.5, 0.6) is 0 Å². The summed E-state index contributed by atoms with van der Waals surface area (Å²) in [5.41, 5.74) is 3.22. The number of hydrogen-bond donors (Lipinski definition) is 0. The Kier molecular flexibility index (Phi) is 7.42. The van der Waals surface area contributed by atoms with E-state index in [0.717, 1.165) is 11.1 Å². The molecule has 0 atom stereocenters. The Labute approximate surface area is 179 Å². The van der Waals surface area contributed by atoms with Gasteiger partial charge in [-0.3, -0.25) is 9.69 Å². The summed E-state index contributed by atoms with van der Waals surface area (Å²) in [6, 6.07) is 17.6. The van der Waals surface area contributed by atoms with Crippen molar-refractivity contribution in [1.82, 2.24) is 14.1 Å². The highest BCUT2D eigenvalue weighted by atomic mass is 32.2. The van der Waals surface area contributed by atoms with Gasteiger partial charge in [0.2, 0.25) is 15.9 Å². The van der Waals surface area contributed by atoms with E-state index in [1.54, 1.807) is 11.0 Å². The third-order valence-electron chi connectivity index (χ3n) is 5.16. The molecule has 160 valence electrons. The van der Waals surface area contributed by atoms with E-state index in [1.165, 1.54) is 15.3 Å². The monoisotopic (exact) mass is 427 g/mol. The molecule has 0 radical (unpaired) electrons.